The fourth-order valence-corrected chi connectivity index (χ4v) is 3.33. The lowest BCUT2D eigenvalue weighted by atomic mass is 10.1. The van der Waals surface area contributed by atoms with Gasteiger partial charge in [-0.25, -0.2) is 13.8 Å². The Bertz CT molecular complexity index is 1150. The number of hydrogen-bond acceptors (Lipinski definition) is 5. The molecule has 0 bridgehead atoms. The van der Waals surface area contributed by atoms with Crippen molar-refractivity contribution in [2.75, 3.05) is 10.6 Å². The van der Waals surface area contributed by atoms with Crippen molar-refractivity contribution < 1.29 is 13.6 Å². The molecule has 0 aliphatic carbocycles. The lowest BCUT2D eigenvalue weighted by molar-refractivity contribution is 0.102. The maximum atomic E-state index is 13.3. The highest BCUT2D eigenvalue weighted by atomic mass is 32.1. The molecule has 0 spiro atoms. The van der Waals surface area contributed by atoms with Gasteiger partial charge in [0.15, 0.2) is 16.8 Å². The molecule has 0 saturated heterocycles. The van der Waals surface area contributed by atoms with Crippen molar-refractivity contribution >= 4 is 33.8 Å². The fraction of sp³-hybridized carbons (Fsp3) is 0. The van der Waals surface area contributed by atoms with E-state index in [1.165, 1.54) is 17.4 Å². The van der Waals surface area contributed by atoms with E-state index in [9.17, 15) is 13.6 Å². The second-order valence-corrected chi connectivity index (χ2v) is 6.92. The molecule has 0 aliphatic rings. The van der Waals surface area contributed by atoms with Crippen molar-refractivity contribution in [2.24, 2.45) is 0 Å². The smallest absolute Gasteiger partial charge is 0.255 e. The minimum Gasteiger partial charge on any atom is -0.330 e. The van der Waals surface area contributed by atoms with Crippen LogP contribution in [0.4, 0.5) is 25.3 Å². The van der Waals surface area contributed by atoms with E-state index in [4.69, 9.17) is 0 Å². The maximum Gasteiger partial charge on any atom is 0.255 e. The van der Waals surface area contributed by atoms with Gasteiger partial charge in [-0.2, -0.15) is 0 Å². The van der Waals surface area contributed by atoms with Crippen molar-refractivity contribution in [3.63, 3.8) is 0 Å². The minimum atomic E-state index is -1.06. The molecule has 0 aliphatic heterocycles. The van der Waals surface area contributed by atoms with Gasteiger partial charge in [-0.05, 0) is 42.5 Å². The van der Waals surface area contributed by atoms with Crippen LogP contribution in [0.25, 0.3) is 11.3 Å². The molecule has 1 amide bonds. The van der Waals surface area contributed by atoms with Crippen molar-refractivity contribution in [3.05, 3.63) is 89.6 Å². The van der Waals surface area contributed by atoms with Crippen LogP contribution in [0.3, 0.4) is 0 Å². The molecule has 29 heavy (non-hydrogen) atoms. The maximum absolute atomic E-state index is 13.3. The summed E-state index contributed by atoms with van der Waals surface area (Å²) in [5, 5.41) is 8.51. The standard InChI is InChI=1S/C21H14F2N4OS/c22-17-8-5-14(10-18(17)23)20(28)25-15-6-3-13(4-7-15)19-12-29-21(27-19)26-16-2-1-9-24-11-16/h1-12H,(H,25,28)(H,26,27). The van der Waals surface area contributed by atoms with E-state index in [-0.39, 0.29) is 5.56 Å². The normalized spacial score (nSPS) is 10.6. The van der Waals surface area contributed by atoms with E-state index in [0.717, 1.165) is 34.2 Å². The number of nitrogens with zero attached hydrogens (tertiary/aromatic N) is 2. The first kappa shape index (κ1) is 18.7. The van der Waals surface area contributed by atoms with Gasteiger partial charge in [-0.3, -0.25) is 9.78 Å². The first-order valence-electron chi connectivity index (χ1n) is 8.58. The first-order valence-corrected chi connectivity index (χ1v) is 9.46. The highest BCUT2D eigenvalue weighted by molar-refractivity contribution is 7.14. The Morgan fingerprint density at radius 3 is 2.52 bits per heavy atom. The third-order valence-electron chi connectivity index (χ3n) is 4.04. The molecule has 2 N–H and O–H groups in total. The monoisotopic (exact) mass is 408 g/mol. The lowest BCUT2D eigenvalue weighted by Crippen LogP contribution is -2.12. The third kappa shape index (κ3) is 4.44. The zero-order valence-corrected chi connectivity index (χ0v) is 15.7. The number of halogens is 2. The van der Waals surface area contributed by atoms with Crippen LogP contribution in [0.5, 0.6) is 0 Å². The second-order valence-electron chi connectivity index (χ2n) is 6.06. The van der Waals surface area contributed by atoms with Gasteiger partial charge in [0.25, 0.3) is 5.91 Å². The Morgan fingerprint density at radius 1 is 0.966 bits per heavy atom. The van der Waals surface area contributed by atoms with Crippen LogP contribution >= 0.6 is 11.3 Å². The highest BCUT2D eigenvalue weighted by Gasteiger charge is 2.11. The van der Waals surface area contributed by atoms with E-state index in [0.29, 0.717) is 5.69 Å². The molecule has 8 heteroatoms. The van der Waals surface area contributed by atoms with Crippen LogP contribution in [0.1, 0.15) is 10.4 Å². The summed E-state index contributed by atoms with van der Waals surface area (Å²) in [6.45, 7) is 0. The number of pyridine rings is 1. The van der Waals surface area contributed by atoms with Gasteiger partial charge in [0.1, 0.15) is 0 Å². The Morgan fingerprint density at radius 2 is 1.79 bits per heavy atom. The van der Waals surface area contributed by atoms with Crippen LogP contribution < -0.4 is 10.6 Å². The summed E-state index contributed by atoms with van der Waals surface area (Å²) in [6, 6.07) is 13.9. The minimum absolute atomic E-state index is 0.0404. The summed E-state index contributed by atoms with van der Waals surface area (Å²) in [5.74, 6) is -2.58. The van der Waals surface area contributed by atoms with E-state index in [1.54, 1.807) is 24.5 Å². The number of anilines is 3. The van der Waals surface area contributed by atoms with Crippen molar-refractivity contribution in [2.45, 2.75) is 0 Å². The van der Waals surface area contributed by atoms with Gasteiger partial charge in [-0.1, -0.05) is 12.1 Å². The summed E-state index contributed by atoms with van der Waals surface area (Å²) in [6.07, 6.45) is 3.41. The van der Waals surface area contributed by atoms with Crippen LogP contribution in [0.2, 0.25) is 0 Å². The Labute approximate surface area is 169 Å². The Hall–Kier alpha value is -3.65. The zero-order chi connectivity index (χ0) is 20.2. The van der Waals surface area contributed by atoms with Crippen molar-refractivity contribution in [3.8, 4) is 11.3 Å². The third-order valence-corrected chi connectivity index (χ3v) is 4.80. The topological polar surface area (TPSA) is 66.9 Å². The Balaban J connectivity index is 1.44. The van der Waals surface area contributed by atoms with Crippen LogP contribution in [0.15, 0.2) is 72.4 Å². The van der Waals surface area contributed by atoms with Crippen molar-refractivity contribution in [1.82, 2.24) is 9.97 Å². The molecule has 0 atom stereocenters. The second kappa shape index (κ2) is 8.15. The number of carbonyl (C=O) groups excluding carboxylic acids is 1. The molecule has 144 valence electrons. The molecule has 4 aromatic rings. The SMILES string of the molecule is O=C(Nc1ccc(-c2csc(Nc3cccnc3)n2)cc1)c1ccc(F)c(F)c1. The molecule has 5 nitrogen and oxygen atoms in total. The fourth-order valence-electron chi connectivity index (χ4n) is 2.59. The van der Waals surface area contributed by atoms with Gasteiger partial charge in [0, 0.05) is 28.4 Å². The van der Waals surface area contributed by atoms with E-state index in [2.05, 4.69) is 20.6 Å². The molecule has 0 fully saturated rings. The predicted octanol–water partition coefficient (Wildman–Crippen LogP) is 5.48. The number of hydrogen-bond donors (Lipinski definition) is 2. The number of nitrogens with one attached hydrogen (secondary N) is 2. The molecule has 4 rings (SSSR count). The van der Waals surface area contributed by atoms with E-state index in [1.807, 2.05) is 29.6 Å². The molecule has 2 heterocycles. The number of carbonyl (C=O) groups is 1. The molecule has 0 radical (unpaired) electrons. The van der Waals surface area contributed by atoms with Gasteiger partial charge in [-0.15, -0.1) is 11.3 Å². The number of aromatic nitrogens is 2. The summed E-state index contributed by atoms with van der Waals surface area (Å²) in [5.41, 5.74) is 3.10. The molecular formula is C21H14F2N4OS. The van der Waals surface area contributed by atoms with Crippen LogP contribution in [-0.2, 0) is 0 Å². The lowest BCUT2D eigenvalue weighted by Gasteiger charge is -2.06. The summed E-state index contributed by atoms with van der Waals surface area (Å²) in [4.78, 5) is 20.8. The largest absolute Gasteiger partial charge is 0.330 e. The average molecular weight is 408 g/mol. The van der Waals surface area contributed by atoms with Crippen molar-refractivity contribution in [1.29, 1.82) is 0 Å². The average Bonchev–Trinajstić information content (AvgIpc) is 3.20. The summed E-state index contributed by atoms with van der Waals surface area (Å²) < 4.78 is 26.3. The van der Waals surface area contributed by atoms with Gasteiger partial charge >= 0.3 is 0 Å². The predicted molar refractivity (Wildman–Crippen MR) is 109 cm³/mol. The van der Waals surface area contributed by atoms with Gasteiger partial charge in [0.05, 0.1) is 17.6 Å². The number of benzene rings is 2. The summed E-state index contributed by atoms with van der Waals surface area (Å²) in [7, 11) is 0. The zero-order valence-electron chi connectivity index (χ0n) is 14.9. The molecule has 0 saturated carbocycles. The van der Waals surface area contributed by atoms with E-state index >= 15 is 0 Å². The number of amides is 1. The molecule has 2 aromatic carbocycles. The molecular weight excluding hydrogens is 394 g/mol. The quantitative estimate of drug-likeness (QED) is 0.459. The highest BCUT2D eigenvalue weighted by Crippen LogP contribution is 2.27. The summed E-state index contributed by atoms with van der Waals surface area (Å²) >= 11 is 1.47. The first-order chi connectivity index (χ1) is 14.1. The van der Waals surface area contributed by atoms with E-state index < -0.39 is 17.5 Å². The number of thiazole rings is 1. The van der Waals surface area contributed by atoms with Gasteiger partial charge in [0.2, 0.25) is 0 Å². The molecule has 0 unspecified atom stereocenters. The number of rotatable bonds is 5. The Kier molecular flexibility index (Phi) is 5.26. The molecule has 2 aromatic heterocycles. The van der Waals surface area contributed by atoms with Crippen LogP contribution in [0, 0.1) is 11.6 Å². The van der Waals surface area contributed by atoms with Crippen LogP contribution in [-0.4, -0.2) is 15.9 Å². The van der Waals surface area contributed by atoms with Gasteiger partial charge < -0.3 is 10.6 Å².